The van der Waals surface area contributed by atoms with E-state index >= 15 is 0 Å². The molecule has 2 aromatic carbocycles. The topological polar surface area (TPSA) is 134 Å². The molecule has 0 saturated heterocycles. The van der Waals surface area contributed by atoms with Gasteiger partial charge >= 0.3 is 0 Å². The van der Waals surface area contributed by atoms with E-state index in [1.54, 1.807) is 55.7 Å². The van der Waals surface area contributed by atoms with Crippen LogP contribution in [0.5, 0.6) is 5.75 Å². The Kier molecular flexibility index (Phi) is 10.7. The first-order valence-corrected chi connectivity index (χ1v) is 15.0. The number of carbonyl (C=O) groups excluding carboxylic acids is 1. The Bertz CT molecular complexity index is 1850. The smallest absolute Gasteiger partial charge is 0.258 e. The van der Waals surface area contributed by atoms with E-state index in [0.29, 0.717) is 50.0 Å². The summed E-state index contributed by atoms with van der Waals surface area (Å²) in [6.07, 6.45) is 4.93. The van der Waals surface area contributed by atoms with Crippen LogP contribution in [-0.2, 0) is 9.53 Å². The first-order chi connectivity index (χ1) is 21.5. The molecule has 236 valence electrons. The third kappa shape index (κ3) is 8.11. The zero-order valence-electron chi connectivity index (χ0n) is 26.4. The molecule has 11 nitrogen and oxygen atoms in total. The summed E-state index contributed by atoms with van der Waals surface area (Å²) >= 11 is 6.36. The van der Waals surface area contributed by atoms with Crippen LogP contribution in [-0.4, -0.2) is 49.9 Å². The van der Waals surface area contributed by atoms with E-state index in [1.165, 1.54) is 23.9 Å². The van der Waals surface area contributed by atoms with Crippen LogP contribution in [0.1, 0.15) is 52.9 Å². The number of benzene rings is 2. The molecule has 0 radical (unpaired) electrons. The second-order valence-electron chi connectivity index (χ2n) is 10.9. The van der Waals surface area contributed by atoms with Gasteiger partial charge in [0.2, 0.25) is 5.91 Å². The van der Waals surface area contributed by atoms with Crippen LogP contribution >= 0.6 is 11.6 Å². The second kappa shape index (κ2) is 14.4. The molecule has 0 saturated carbocycles. The molecule has 45 heavy (non-hydrogen) atoms. The molecule has 0 aliphatic carbocycles. The number of fused-ring (bicyclic) bond motifs is 1. The first kappa shape index (κ1) is 33.3. The molecule has 0 fully saturated rings. The number of aryl methyl sites for hydroxylation is 1. The van der Waals surface area contributed by atoms with Crippen molar-refractivity contribution in [3.8, 4) is 28.3 Å². The second-order valence-corrected chi connectivity index (χ2v) is 11.3. The minimum absolute atomic E-state index is 0.225. The van der Waals surface area contributed by atoms with Crippen LogP contribution in [0.15, 0.2) is 70.4 Å². The van der Waals surface area contributed by atoms with E-state index in [1.807, 2.05) is 34.6 Å². The fraction of sp³-hybridized carbons (Fsp3) is 0.333. The molecule has 0 spiro atoms. The Morgan fingerprint density at radius 2 is 1.76 bits per heavy atom. The van der Waals surface area contributed by atoms with Crippen molar-refractivity contribution in [3.63, 3.8) is 0 Å². The van der Waals surface area contributed by atoms with E-state index in [9.17, 15) is 9.59 Å². The van der Waals surface area contributed by atoms with E-state index in [-0.39, 0.29) is 18.9 Å². The molecular weight excluding hydrogens is 596 g/mol. The van der Waals surface area contributed by atoms with E-state index in [2.05, 4.69) is 25.4 Å². The van der Waals surface area contributed by atoms with Crippen molar-refractivity contribution in [1.82, 2.24) is 24.7 Å². The molecule has 1 unspecified atom stereocenters. The summed E-state index contributed by atoms with van der Waals surface area (Å²) in [4.78, 5) is 40.4. The summed E-state index contributed by atoms with van der Waals surface area (Å²) in [6, 6.07) is 10.9. The Labute approximate surface area is 266 Å². The Balaban J connectivity index is 0.00000226. The average molecular weight is 633 g/mol. The Morgan fingerprint density at radius 3 is 2.42 bits per heavy atom. The van der Waals surface area contributed by atoms with Crippen LogP contribution in [0.4, 0.5) is 5.69 Å². The van der Waals surface area contributed by atoms with Gasteiger partial charge in [-0.3, -0.25) is 24.1 Å². The van der Waals surface area contributed by atoms with E-state index in [0.717, 1.165) is 0 Å². The molecule has 0 aliphatic heterocycles. The van der Waals surface area contributed by atoms with Gasteiger partial charge in [-0.15, -0.1) is 0 Å². The van der Waals surface area contributed by atoms with Gasteiger partial charge in [0.05, 0.1) is 29.9 Å². The molecule has 3 aromatic heterocycles. The Hall–Kier alpha value is -4.61. The number of amides is 1. The van der Waals surface area contributed by atoms with Crippen LogP contribution in [0.2, 0.25) is 5.02 Å². The SMILES string of the molecule is CC.COc1cn(C(CCOC(C)(C)C)C(=O)Nc2ccc3nccnc3c2)c(=O)cc1-c1cc(Cl)ccc1-c1nc(C)no1. The fourth-order valence-electron chi connectivity index (χ4n) is 4.62. The lowest BCUT2D eigenvalue weighted by atomic mass is 9.99. The maximum Gasteiger partial charge on any atom is 0.258 e. The lowest BCUT2D eigenvalue weighted by Gasteiger charge is -2.24. The maximum atomic E-state index is 13.7. The molecule has 1 atom stereocenters. The number of hydrogen-bond acceptors (Lipinski definition) is 9. The number of hydrogen-bond donors (Lipinski definition) is 1. The van der Waals surface area contributed by atoms with Crippen LogP contribution in [0.3, 0.4) is 0 Å². The molecule has 1 N–H and O–H groups in total. The quantitative estimate of drug-likeness (QED) is 0.184. The lowest BCUT2D eigenvalue weighted by Crippen LogP contribution is -2.34. The van der Waals surface area contributed by atoms with Gasteiger partial charge in [-0.1, -0.05) is 30.6 Å². The summed E-state index contributed by atoms with van der Waals surface area (Å²) in [5.74, 6) is 0.674. The van der Waals surface area contributed by atoms with Gasteiger partial charge in [-0.05, 0) is 69.7 Å². The van der Waals surface area contributed by atoms with Crippen molar-refractivity contribution in [2.24, 2.45) is 0 Å². The summed E-state index contributed by atoms with van der Waals surface area (Å²) in [6.45, 7) is 11.7. The van der Waals surface area contributed by atoms with Crippen molar-refractivity contribution >= 4 is 34.2 Å². The third-order valence-electron chi connectivity index (χ3n) is 6.60. The number of methoxy groups -OCH3 is 1. The van der Waals surface area contributed by atoms with Gasteiger partial charge in [0.1, 0.15) is 11.8 Å². The van der Waals surface area contributed by atoms with Gasteiger partial charge < -0.3 is 19.3 Å². The van der Waals surface area contributed by atoms with Crippen LogP contribution < -0.4 is 15.6 Å². The standard InChI is InChI=1S/C31H31ClN6O5.C2H6/c1-18-35-30(43-37-18)21-8-6-19(32)14-22(21)23-16-28(39)38(17-27(23)41-5)26(10-13-42-31(2,3)4)29(40)36-20-7-9-24-25(15-20)34-12-11-33-24;1-2/h6-9,11-12,14-17,26H,10,13H2,1-5H3,(H,36,40);1-2H3. The molecule has 3 heterocycles. The molecular formula is C33H37ClN6O5. The van der Waals surface area contributed by atoms with Gasteiger partial charge in [-0.2, -0.15) is 4.98 Å². The third-order valence-corrected chi connectivity index (χ3v) is 6.83. The van der Waals surface area contributed by atoms with Gasteiger partial charge in [-0.25, -0.2) is 0 Å². The zero-order valence-corrected chi connectivity index (χ0v) is 27.2. The van der Waals surface area contributed by atoms with Crippen molar-refractivity contribution in [2.75, 3.05) is 19.0 Å². The van der Waals surface area contributed by atoms with Gasteiger partial charge in [0, 0.05) is 53.3 Å². The number of carbonyl (C=O) groups is 1. The lowest BCUT2D eigenvalue weighted by molar-refractivity contribution is -0.120. The Morgan fingerprint density at radius 1 is 1.02 bits per heavy atom. The minimum Gasteiger partial charge on any atom is -0.495 e. The number of nitrogens with one attached hydrogen (secondary N) is 1. The van der Waals surface area contributed by atoms with E-state index < -0.39 is 23.1 Å². The molecule has 5 rings (SSSR count). The minimum atomic E-state index is -0.923. The number of ether oxygens (including phenoxy) is 2. The normalized spacial score (nSPS) is 11.9. The first-order valence-electron chi connectivity index (χ1n) is 14.6. The highest BCUT2D eigenvalue weighted by molar-refractivity contribution is 6.31. The number of halogens is 1. The van der Waals surface area contributed by atoms with Crippen molar-refractivity contribution in [1.29, 1.82) is 0 Å². The van der Waals surface area contributed by atoms with Gasteiger partial charge in [0.25, 0.3) is 11.4 Å². The molecule has 5 aromatic rings. The molecule has 0 aliphatic rings. The predicted octanol–water partition coefficient (Wildman–Crippen LogP) is 6.89. The summed E-state index contributed by atoms with van der Waals surface area (Å²) in [7, 11) is 1.49. The van der Waals surface area contributed by atoms with E-state index in [4.69, 9.17) is 25.6 Å². The molecule has 1 amide bonds. The van der Waals surface area contributed by atoms with Crippen molar-refractivity contribution < 1.29 is 18.8 Å². The molecule has 12 heteroatoms. The predicted molar refractivity (Wildman–Crippen MR) is 175 cm³/mol. The van der Waals surface area contributed by atoms with Crippen LogP contribution in [0.25, 0.3) is 33.6 Å². The monoisotopic (exact) mass is 632 g/mol. The highest BCUT2D eigenvalue weighted by Gasteiger charge is 2.26. The van der Waals surface area contributed by atoms with Crippen molar-refractivity contribution in [3.05, 3.63) is 82.3 Å². The molecule has 0 bridgehead atoms. The summed E-state index contributed by atoms with van der Waals surface area (Å²) < 4.78 is 18.4. The zero-order chi connectivity index (χ0) is 32.7. The highest BCUT2D eigenvalue weighted by atomic mass is 35.5. The number of pyridine rings is 1. The maximum absolute atomic E-state index is 13.7. The number of rotatable bonds is 9. The van der Waals surface area contributed by atoms with Gasteiger partial charge in [0.15, 0.2) is 5.82 Å². The van der Waals surface area contributed by atoms with Crippen molar-refractivity contribution in [2.45, 2.75) is 59.6 Å². The summed E-state index contributed by atoms with van der Waals surface area (Å²) in [5, 5.41) is 7.25. The highest BCUT2D eigenvalue weighted by Crippen LogP contribution is 2.38. The number of nitrogens with zero attached hydrogens (tertiary/aromatic N) is 5. The fourth-order valence-corrected chi connectivity index (χ4v) is 4.79. The number of aromatic nitrogens is 5. The largest absolute Gasteiger partial charge is 0.495 e. The summed E-state index contributed by atoms with van der Waals surface area (Å²) in [5.41, 5.74) is 2.59. The number of anilines is 1. The average Bonchev–Trinajstić information content (AvgIpc) is 3.45. The van der Waals surface area contributed by atoms with Crippen LogP contribution in [0, 0.1) is 6.92 Å².